The van der Waals surface area contributed by atoms with Crippen molar-refractivity contribution < 1.29 is 9.84 Å². The molecule has 1 aromatic heterocycles. The van der Waals surface area contributed by atoms with Crippen LogP contribution in [0.2, 0.25) is 0 Å². The van der Waals surface area contributed by atoms with Gasteiger partial charge in [-0.1, -0.05) is 0 Å². The number of aromatic nitrogens is 2. The van der Waals surface area contributed by atoms with Crippen LogP contribution in [0.1, 0.15) is 18.5 Å². The number of aliphatic hydroxyl groups is 1. The maximum Gasteiger partial charge on any atom is 0.109 e. The molecule has 0 spiro atoms. The molecule has 0 radical (unpaired) electrons. The number of nitrogens with zero attached hydrogens (tertiary/aromatic N) is 2. The number of rotatable bonds is 1. The molecule has 1 aromatic rings. The first-order valence-corrected chi connectivity index (χ1v) is 5.70. The Balaban J connectivity index is 1.91. The monoisotopic (exact) mass is 223 g/mol. The summed E-state index contributed by atoms with van der Waals surface area (Å²) in [5.41, 5.74) is 0.154. The third-order valence-electron chi connectivity index (χ3n) is 3.57. The van der Waals surface area contributed by atoms with Gasteiger partial charge in [-0.05, 0) is 12.8 Å². The highest BCUT2D eigenvalue weighted by Gasteiger charge is 2.43. The normalized spacial score (nSPS) is 38.6. The number of aryl methyl sites for hydroxylation is 1. The molecule has 0 saturated carbocycles. The molecule has 5 heteroatoms. The molecule has 2 saturated heterocycles. The van der Waals surface area contributed by atoms with Crippen molar-refractivity contribution in [2.45, 2.75) is 30.5 Å². The van der Waals surface area contributed by atoms with Gasteiger partial charge in [0.1, 0.15) is 5.60 Å². The predicted molar refractivity (Wildman–Crippen MR) is 57.9 cm³/mol. The quantitative estimate of drug-likeness (QED) is 0.690. The summed E-state index contributed by atoms with van der Waals surface area (Å²) < 4.78 is 7.39. The van der Waals surface area contributed by atoms with Crippen molar-refractivity contribution in [1.29, 1.82) is 0 Å². The van der Waals surface area contributed by atoms with E-state index < -0.39 is 5.60 Å². The second kappa shape index (κ2) is 3.55. The van der Waals surface area contributed by atoms with Crippen LogP contribution in [0.4, 0.5) is 0 Å². The molecule has 2 aliphatic rings. The van der Waals surface area contributed by atoms with Crippen molar-refractivity contribution in [2.24, 2.45) is 7.05 Å². The van der Waals surface area contributed by atoms with Gasteiger partial charge in [0.15, 0.2) is 0 Å². The van der Waals surface area contributed by atoms with Gasteiger partial charge in [0.25, 0.3) is 0 Å². The van der Waals surface area contributed by atoms with Gasteiger partial charge in [0.05, 0.1) is 31.4 Å². The van der Waals surface area contributed by atoms with Gasteiger partial charge in [0, 0.05) is 19.1 Å². The van der Waals surface area contributed by atoms with Crippen LogP contribution in [0.5, 0.6) is 0 Å². The van der Waals surface area contributed by atoms with Crippen LogP contribution in [-0.4, -0.2) is 40.0 Å². The summed E-state index contributed by atoms with van der Waals surface area (Å²) in [5, 5.41) is 14.2. The molecule has 2 aliphatic heterocycles. The predicted octanol–water partition coefficient (Wildman–Crippen LogP) is -0.242. The van der Waals surface area contributed by atoms with Crippen molar-refractivity contribution in [1.82, 2.24) is 14.9 Å². The third-order valence-corrected chi connectivity index (χ3v) is 3.57. The largest absolute Gasteiger partial charge is 0.383 e. The number of fused-ring (bicyclic) bond motifs is 2. The fourth-order valence-electron chi connectivity index (χ4n) is 2.93. The van der Waals surface area contributed by atoms with Crippen LogP contribution in [0.25, 0.3) is 0 Å². The lowest BCUT2D eigenvalue weighted by molar-refractivity contribution is -0.0836. The topological polar surface area (TPSA) is 59.3 Å². The van der Waals surface area contributed by atoms with Gasteiger partial charge >= 0.3 is 0 Å². The van der Waals surface area contributed by atoms with E-state index in [9.17, 15) is 5.11 Å². The van der Waals surface area contributed by atoms with Crippen molar-refractivity contribution >= 4 is 0 Å². The third kappa shape index (κ3) is 1.55. The van der Waals surface area contributed by atoms with Crippen LogP contribution in [0.15, 0.2) is 12.5 Å². The minimum Gasteiger partial charge on any atom is -0.383 e. The van der Waals surface area contributed by atoms with E-state index in [1.165, 1.54) is 0 Å². The number of morpholine rings is 1. The van der Waals surface area contributed by atoms with E-state index >= 15 is 0 Å². The Labute approximate surface area is 94.4 Å². The van der Waals surface area contributed by atoms with Crippen molar-refractivity contribution in [3.8, 4) is 0 Å². The first kappa shape index (κ1) is 10.3. The molecule has 88 valence electrons. The Kier molecular flexibility index (Phi) is 2.27. The molecule has 2 atom stereocenters. The van der Waals surface area contributed by atoms with E-state index in [-0.39, 0.29) is 12.1 Å². The number of hydrogen-bond donors (Lipinski definition) is 2. The summed E-state index contributed by atoms with van der Waals surface area (Å²) in [4.78, 5) is 4.09. The lowest BCUT2D eigenvalue weighted by atomic mass is 9.81. The Morgan fingerprint density at radius 2 is 2.19 bits per heavy atom. The SMILES string of the molecule is Cn1cncc1C1(O)CC2COCC(C1)N2. The number of nitrogens with one attached hydrogen (secondary N) is 1. The first-order valence-electron chi connectivity index (χ1n) is 5.70. The maximum absolute atomic E-state index is 10.8. The molecule has 0 amide bonds. The van der Waals surface area contributed by atoms with E-state index in [0.717, 1.165) is 5.69 Å². The summed E-state index contributed by atoms with van der Waals surface area (Å²) in [5.74, 6) is 0. The molecular weight excluding hydrogens is 206 g/mol. The zero-order valence-electron chi connectivity index (χ0n) is 9.39. The van der Waals surface area contributed by atoms with Gasteiger partial charge in [-0.25, -0.2) is 4.98 Å². The van der Waals surface area contributed by atoms with Crippen LogP contribution in [0.3, 0.4) is 0 Å². The molecule has 0 aromatic carbocycles. The minimum absolute atomic E-state index is 0.257. The van der Waals surface area contributed by atoms with Gasteiger partial charge in [-0.15, -0.1) is 0 Å². The molecule has 3 heterocycles. The highest BCUT2D eigenvalue weighted by atomic mass is 16.5. The van der Waals surface area contributed by atoms with E-state index in [1.54, 1.807) is 12.5 Å². The highest BCUT2D eigenvalue weighted by molar-refractivity contribution is 5.14. The Morgan fingerprint density at radius 1 is 1.50 bits per heavy atom. The Bertz CT molecular complexity index is 378. The molecule has 2 bridgehead atoms. The first-order chi connectivity index (χ1) is 7.67. The second-order valence-electron chi connectivity index (χ2n) is 4.93. The molecule has 16 heavy (non-hydrogen) atoms. The molecule has 2 fully saturated rings. The van der Waals surface area contributed by atoms with Crippen molar-refractivity contribution in [3.63, 3.8) is 0 Å². The molecule has 3 rings (SSSR count). The summed E-state index contributed by atoms with van der Waals surface area (Å²) >= 11 is 0. The van der Waals surface area contributed by atoms with Crippen LogP contribution in [-0.2, 0) is 17.4 Å². The lowest BCUT2D eigenvalue weighted by Crippen LogP contribution is -2.59. The van der Waals surface area contributed by atoms with E-state index in [0.29, 0.717) is 26.1 Å². The maximum atomic E-state index is 10.8. The van der Waals surface area contributed by atoms with E-state index in [2.05, 4.69) is 10.3 Å². The fraction of sp³-hybridized carbons (Fsp3) is 0.727. The summed E-state index contributed by atoms with van der Waals surface area (Å²) in [6.07, 6.45) is 4.90. The van der Waals surface area contributed by atoms with Crippen LogP contribution in [0, 0.1) is 0 Å². The summed E-state index contributed by atoms with van der Waals surface area (Å²) in [7, 11) is 1.93. The fourth-order valence-corrected chi connectivity index (χ4v) is 2.93. The number of ether oxygens (including phenoxy) is 1. The Hall–Kier alpha value is -0.910. The van der Waals surface area contributed by atoms with Gasteiger partial charge < -0.3 is 19.7 Å². The molecule has 5 nitrogen and oxygen atoms in total. The second-order valence-corrected chi connectivity index (χ2v) is 4.93. The molecular formula is C11H17N3O2. The van der Waals surface area contributed by atoms with Gasteiger partial charge in [0.2, 0.25) is 0 Å². The average Bonchev–Trinajstić information content (AvgIpc) is 2.64. The molecule has 2 unspecified atom stereocenters. The smallest absolute Gasteiger partial charge is 0.109 e. The summed E-state index contributed by atoms with van der Waals surface area (Å²) in [6, 6.07) is 0.514. The average molecular weight is 223 g/mol. The number of hydrogen-bond acceptors (Lipinski definition) is 4. The number of imidazole rings is 1. The molecule has 2 N–H and O–H groups in total. The van der Waals surface area contributed by atoms with Gasteiger partial charge in [-0.2, -0.15) is 0 Å². The van der Waals surface area contributed by atoms with E-state index in [1.807, 2.05) is 11.6 Å². The van der Waals surface area contributed by atoms with Crippen molar-refractivity contribution in [3.05, 3.63) is 18.2 Å². The zero-order valence-corrected chi connectivity index (χ0v) is 9.39. The van der Waals surface area contributed by atoms with Crippen molar-refractivity contribution in [2.75, 3.05) is 13.2 Å². The Morgan fingerprint density at radius 3 is 2.75 bits per heavy atom. The van der Waals surface area contributed by atoms with Crippen LogP contribution >= 0.6 is 0 Å². The lowest BCUT2D eigenvalue weighted by Gasteiger charge is -2.44. The molecule has 0 aliphatic carbocycles. The van der Waals surface area contributed by atoms with Gasteiger partial charge in [-0.3, -0.25) is 0 Å². The standard InChI is InChI=1S/C11H17N3O2/c1-14-7-12-4-10(14)11(15)2-8-5-16-6-9(3-11)13-8/h4,7-9,13,15H,2-3,5-6H2,1H3. The van der Waals surface area contributed by atoms with E-state index in [4.69, 9.17) is 4.74 Å². The number of piperidine rings is 1. The van der Waals surface area contributed by atoms with Crippen LogP contribution < -0.4 is 5.32 Å². The minimum atomic E-state index is -0.754. The summed E-state index contributed by atoms with van der Waals surface area (Å²) in [6.45, 7) is 1.38. The highest BCUT2D eigenvalue weighted by Crippen LogP contribution is 2.36. The zero-order chi connectivity index (χ0) is 11.2.